The molecule has 3 heteroatoms. The van der Waals surface area contributed by atoms with Crippen molar-refractivity contribution in [2.24, 2.45) is 0 Å². The summed E-state index contributed by atoms with van der Waals surface area (Å²) in [5.74, 6) is 0.337. The first-order valence-corrected chi connectivity index (χ1v) is 6.06. The Morgan fingerprint density at radius 3 is 2.27 bits per heavy atom. The summed E-state index contributed by atoms with van der Waals surface area (Å²) in [6.07, 6.45) is 2.85. The maximum absolute atomic E-state index is 11.9. The second kappa shape index (κ2) is 5.50. The Hall–Kier alpha value is -0.570. The highest BCUT2D eigenvalue weighted by molar-refractivity contribution is 5.76. The zero-order valence-corrected chi connectivity index (χ0v) is 10.5. The summed E-state index contributed by atoms with van der Waals surface area (Å²) in [6, 6.07) is 0.971. The van der Waals surface area contributed by atoms with Gasteiger partial charge in [0.2, 0.25) is 5.91 Å². The van der Waals surface area contributed by atoms with Gasteiger partial charge in [0, 0.05) is 31.6 Å². The summed E-state index contributed by atoms with van der Waals surface area (Å²) < 4.78 is 0. The monoisotopic (exact) mass is 212 g/mol. The minimum absolute atomic E-state index is 0.337. The largest absolute Gasteiger partial charge is 0.340 e. The van der Waals surface area contributed by atoms with Crippen molar-refractivity contribution in [1.29, 1.82) is 0 Å². The van der Waals surface area contributed by atoms with E-state index in [9.17, 15) is 4.79 Å². The number of nitrogens with zero attached hydrogens (tertiary/aromatic N) is 2. The van der Waals surface area contributed by atoms with Crippen molar-refractivity contribution < 1.29 is 4.79 Å². The smallest absolute Gasteiger partial charge is 0.222 e. The number of carbonyl (C=O) groups excluding carboxylic acids is 1. The van der Waals surface area contributed by atoms with E-state index in [-0.39, 0.29) is 0 Å². The van der Waals surface area contributed by atoms with E-state index in [0.29, 0.717) is 18.0 Å². The predicted molar refractivity (Wildman–Crippen MR) is 62.8 cm³/mol. The van der Waals surface area contributed by atoms with Gasteiger partial charge in [-0.3, -0.25) is 9.69 Å². The molecule has 0 aliphatic carbocycles. The fourth-order valence-corrected chi connectivity index (χ4v) is 2.09. The Kier molecular flexibility index (Phi) is 4.58. The van der Waals surface area contributed by atoms with Crippen molar-refractivity contribution in [3.63, 3.8) is 0 Å². The van der Waals surface area contributed by atoms with Crippen LogP contribution < -0.4 is 0 Å². The van der Waals surface area contributed by atoms with Crippen LogP contribution in [0.1, 0.15) is 40.0 Å². The first-order chi connectivity index (χ1) is 7.06. The zero-order valence-electron chi connectivity index (χ0n) is 10.5. The molecule has 3 nitrogen and oxygen atoms in total. The maximum atomic E-state index is 11.9. The third-order valence-electron chi connectivity index (χ3n) is 3.46. The van der Waals surface area contributed by atoms with Crippen LogP contribution in [0.15, 0.2) is 0 Å². The van der Waals surface area contributed by atoms with Crippen molar-refractivity contribution in [2.75, 3.05) is 20.1 Å². The molecule has 1 heterocycles. The fraction of sp³-hybridized carbons (Fsp3) is 0.917. The van der Waals surface area contributed by atoms with E-state index >= 15 is 0 Å². The van der Waals surface area contributed by atoms with E-state index < -0.39 is 0 Å². The van der Waals surface area contributed by atoms with E-state index in [2.05, 4.69) is 32.7 Å². The predicted octanol–water partition coefficient (Wildman–Crippen LogP) is 1.73. The molecule has 1 aliphatic rings. The van der Waals surface area contributed by atoms with E-state index in [4.69, 9.17) is 0 Å². The van der Waals surface area contributed by atoms with Gasteiger partial charge in [-0.05, 0) is 27.3 Å². The van der Waals surface area contributed by atoms with Gasteiger partial charge in [0.05, 0.1) is 0 Å². The Morgan fingerprint density at radius 2 is 1.80 bits per heavy atom. The SMILES string of the molecule is CCCCC(=O)N1CC(C)N(C)C(C)C1. The molecule has 1 aliphatic heterocycles. The van der Waals surface area contributed by atoms with Crippen LogP contribution in [-0.4, -0.2) is 47.9 Å². The lowest BCUT2D eigenvalue weighted by Gasteiger charge is -2.42. The Labute approximate surface area is 93.4 Å². The van der Waals surface area contributed by atoms with Gasteiger partial charge >= 0.3 is 0 Å². The first-order valence-electron chi connectivity index (χ1n) is 6.06. The fourth-order valence-electron chi connectivity index (χ4n) is 2.09. The Bertz CT molecular complexity index is 206. The summed E-state index contributed by atoms with van der Waals surface area (Å²) in [5, 5.41) is 0. The average molecular weight is 212 g/mol. The van der Waals surface area contributed by atoms with Crippen LogP contribution in [0.5, 0.6) is 0 Å². The van der Waals surface area contributed by atoms with Crippen LogP contribution in [0.2, 0.25) is 0 Å². The Balaban J connectivity index is 2.46. The lowest BCUT2D eigenvalue weighted by Crippen LogP contribution is -2.56. The second-order valence-corrected chi connectivity index (χ2v) is 4.77. The molecule has 0 aromatic rings. The molecule has 15 heavy (non-hydrogen) atoms. The van der Waals surface area contributed by atoms with Crippen LogP contribution in [0.4, 0.5) is 0 Å². The molecule has 0 aromatic carbocycles. The third kappa shape index (κ3) is 3.20. The molecule has 0 bridgehead atoms. The topological polar surface area (TPSA) is 23.6 Å². The summed E-state index contributed by atoms with van der Waals surface area (Å²) in [5.41, 5.74) is 0. The third-order valence-corrected chi connectivity index (χ3v) is 3.46. The summed E-state index contributed by atoms with van der Waals surface area (Å²) in [6.45, 7) is 8.29. The van der Waals surface area contributed by atoms with Gasteiger partial charge in [-0.15, -0.1) is 0 Å². The van der Waals surface area contributed by atoms with Gasteiger partial charge in [-0.25, -0.2) is 0 Å². The van der Waals surface area contributed by atoms with Crippen molar-refractivity contribution >= 4 is 5.91 Å². The minimum Gasteiger partial charge on any atom is -0.340 e. The van der Waals surface area contributed by atoms with E-state index in [1.54, 1.807) is 0 Å². The van der Waals surface area contributed by atoms with Crippen LogP contribution in [-0.2, 0) is 4.79 Å². The second-order valence-electron chi connectivity index (χ2n) is 4.77. The summed E-state index contributed by atoms with van der Waals surface area (Å²) >= 11 is 0. The molecule has 0 radical (unpaired) electrons. The first kappa shape index (κ1) is 12.5. The van der Waals surface area contributed by atoms with Crippen molar-refractivity contribution in [3.8, 4) is 0 Å². The van der Waals surface area contributed by atoms with Gasteiger partial charge in [-0.1, -0.05) is 13.3 Å². The molecule has 2 atom stereocenters. The van der Waals surface area contributed by atoms with Gasteiger partial charge in [0.15, 0.2) is 0 Å². The molecule has 2 unspecified atom stereocenters. The van der Waals surface area contributed by atoms with Crippen molar-refractivity contribution in [2.45, 2.75) is 52.1 Å². The number of carbonyl (C=O) groups is 1. The lowest BCUT2D eigenvalue weighted by molar-refractivity contribution is -0.135. The highest BCUT2D eigenvalue weighted by Crippen LogP contribution is 2.14. The van der Waals surface area contributed by atoms with Crippen LogP contribution in [0, 0.1) is 0 Å². The van der Waals surface area contributed by atoms with Crippen LogP contribution in [0.3, 0.4) is 0 Å². The molecule has 0 saturated carbocycles. The number of unbranched alkanes of at least 4 members (excludes halogenated alkanes) is 1. The minimum atomic E-state index is 0.337. The van der Waals surface area contributed by atoms with Crippen molar-refractivity contribution in [1.82, 2.24) is 9.80 Å². The van der Waals surface area contributed by atoms with E-state index in [1.165, 1.54) is 0 Å². The zero-order chi connectivity index (χ0) is 11.4. The normalized spacial score (nSPS) is 28.1. The molecule has 0 spiro atoms. The highest BCUT2D eigenvalue weighted by atomic mass is 16.2. The van der Waals surface area contributed by atoms with Crippen LogP contribution in [0.25, 0.3) is 0 Å². The molecule has 1 amide bonds. The van der Waals surface area contributed by atoms with Gasteiger partial charge in [0.25, 0.3) is 0 Å². The number of piperazine rings is 1. The number of hydrogen-bond donors (Lipinski definition) is 0. The number of rotatable bonds is 3. The molecule has 1 saturated heterocycles. The lowest BCUT2D eigenvalue weighted by atomic mass is 10.1. The Morgan fingerprint density at radius 1 is 1.27 bits per heavy atom. The molecule has 1 fully saturated rings. The number of amides is 1. The molecule has 1 rings (SSSR count). The number of hydrogen-bond acceptors (Lipinski definition) is 2. The van der Waals surface area contributed by atoms with Crippen LogP contribution >= 0.6 is 0 Å². The molecule has 88 valence electrons. The van der Waals surface area contributed by atoms with Gasteiger partial charge in [0.1, 0.15) is 0 Å². The number of likely N-dealkylation sites (N-methyl/N-ethyl adjacent to an activating group) is 1. The van der Waals surface area contributed by atoms with E-state index in [0.717, 1.165) is 32.4 Å². The maximum Gasteiger partial charge on any atom is 0.222 e. The average Bonchev–Trinajstić information content (AvgIpc) is 2.21. The molecule has 0 aromatic heterocycles. The molecular weight excluding hydrogens is 188 g/mol. The standard InChI is InChI=1S/C12H24N2O/c1-5-6-7-12(15)14-8-10(2)13(4)11(3)9-14/h10-11H,5-9H2,1-4H3. The van der Waals surface area contributed by atoms with Gasteiger partial charge in [-0.2, -0.15) is 0 Å². The van der Waals surface area contributed by atoms with Crippen molar-refractivity contribution in [3.05, 3.63) is 0 Å². The molecular formula is C12H24N2O. The quantitative estimate of drug-likeness (QED) is 0.711. The molecule has 0 N–H and O–H groups in total. The summed E-state index contributed by atoms with van der Waals surface area (Å²) in [4.78, 5) is 16.2. The van der Waals surface area contributed by atoms with E-state index in [1.807, 2.05) is 4.90 Å². The highest BCUT2D eigenvalue weighted by Gasteiger charge is 2.28. The summed E-state index contributed by atoms with van der Waals surface area (Å²) in [7, 11) is 2.14. The van der Waals surface area contributed by atoms with Gasteiger partial charge < -0.3 is 4.90 Å².